The first kappa shape index (κ1) is 18.3. The van der Waals surface area contributed by atoms with E-state index in [9.17, 15) is 9.59 Å². The highest BCUT2D eigenvalue weighted by Crippen LogP contribution is 2.37. The predicted octanol–water partition coefficient (Wildman–Crippen LogP) is 2.25. The molecule has 0 unspecified atom stereocenters. The second-order valence-corrected chi connectivity index (χ2v) is 6.77. The number of carbonyl (C=O) groups is 2. The Morgan fingerprint density at radius 3 is 2.50 bits per heavy atom. The van der Waals surface area contributed by atoms with E-state index < -0.39 is 0 Å². The van der Waals surface area contributed by atoms with Gasteiger partial charge < -0.3 is 15.0 Å². The molecule has 2 amide bonds. The summed E-state index contributed by atoms with van der Waals surface area (Å²) in [4.78, 5) is 25.8. The molecule has 1 aromatic rings. The summed E-state index contributed by atoms with van der Waals surface area (Å²) < 4.78 is 5.15. The summed E-state index contributed by atoms with van der Waals surface area (Å²) in [6, 6.07) is 8.00. The first-order valence-electron chi connectivity index (χ1n) is 8.58. The third-order valence-corrected chi connectivity index (χ3v) is 4.83. The maximum atomic E-state index is 12.3. The fourth-order valence-electron chi connectivity index (χ4n) is 2.77. The Morgan fingerprint density at radius 2 is 1.96 bits per heavy atom. The van der Waals surface area contributed by atoms with Crippen molar-refractivity contribution in [2.45, 2.75) is 39.2 Å². The lowest BCUT2D eigenvalue weighted by atomic mass is 10.1. The zero-order chi connectivity index (χ0) is 17.7. The van der Waals surface area contributed by atoms with E-state index in [0.29, 0.717) is 18.9 Å². The average Bonchev–Trinajstić information content (AvgIpc) is 3.31. The van der Waals surface area contributed by atoms with Gasteiger partial charge in [-0.05, 0) is 43.4 Å². The van der Waals surface area contributed by atoms with Crippen LogP contribution in [0.5, 0.6) is 5.75 Å². The number of rotatable bonds is 8. The van der Waals surface area contributed by atoms with Gasteiger partial charge in [-0.2, -0.15) is 0 Å². The molecule has 5 nitrogen and oxygen atoms in total. The van der Waals surface area contributed by atoms with Gasteiger partial charge in [-0.25, -0.2) is 0 Å². The lowest BCUT2D eigenvalue weighted by molar-refractivity contribution is -0.131. The van der Waals surface area contributed by atoms with Crippen LogP contribution in [0.1, 0.15) is 32.3 Å². The molecule has 0 spiro atoms. The SMILES string of the molecule is COc1ccc(C[C@H](C)N(C)C(=O)CCNC(=O)[C@@H]2C[C@H]2C)cc1. The molecule has 1 aromatic carbocycles. The first-order chi connectivity index (χ1) is 11.4. The van der Waals surface area contributed by atoms with E-state index in [1.54, 1.807) is 12.0 Å². The van der Waals surface area contributed by atoms with Crippen molar-refractivity contribution >= 4 is 11.8 Å². The molecule has 1 fully saturated rings. The smallest absolute Gasteiger partial charge is 0.224 e. The molecule has 132 valence electrons. The topological polar surface area (TPSA) is 58.6 Å². The summed E-state index contributed by atoms with van der Waals surface area (Å²) in [6.45, 7) is 4.52. The summed E-state index contributed by atoms with van der Waals surface area (Å²) >= 11 is 0. The lowest BCUT2D eigenvalue weighted by Crippen LogP contribution is -2.38. The molecule has 5 heteroatoms. The monoisotopic (exact) mass is 332 g/mol. The zero-order valence-electron chi connectivity index (χ0n) is 15.0. The van der Waals surface area contributed by atoms with Crippen LogP contribution >= 0.6 is 0 Å². The summed E-state index contributed by atoms with van der Waals surface area (Å²) in [5.74, 6) is 1.63. The van der Waals surface area contributed by atoms with E-state index in [1.165, 1.54) is 5.56 Å². The van der Waals surface area contributed by atoms with Crippen LogP contribution in [0.4, 0.5) is 0 Å². The van der Waals surface area contributed by atoms with E-state index in [0.717, 1.165) is 18.6 Å². The minimum atomic E-state index is 0.0557. The molecule has 0 bridgehead atoms. The number of ether oxygens (including phenoxy) is 1. The van der Waals surface area contributed by atoms with Crippen molar-refractivity contribution in [1.82, 2.24) is 10.2 Å². The Labute approximate surface area is 144 Å². The summed E-state index contributed by atoms with van der Waals surface area (Å²) in [5.41, 5.74) is 1.17. The van der Waals surface area contributed by atoms with Crippen molar-refractivity contribution in [3.63, 3.8) is 0 Å². The normalized spacial score (nSPS) is 20.2. The first-order valence-corrected chi connectivity index (χ1v) is 8.58. The highest BCUT2D eigenvalue weighted by molar-refractivity contribution is 5.82. The fourth-order valence-corrected chi connectivity index (χ4v) is 2.77. The van der Waals surface area contributed by atoms with Crippen molar-refractivity contribution in [2.24, 2.45) is 11.8 Å². The maximum absolute atomic E-state index is 12.3. The van der Waals surface area contributed by atoms with Gasteiger partial charge in [-0.1, -0.05) is 19.1 Å². The van der Waals surface area contributed by atoms with Crippen molar-refractivity contribution in [3.8, 4) is 5.75 Å². The molecule has 0 radical (unpaired) electrons. The Morgan fingerprint density at radius 1 is 1.33 bits per heavy atom. The average molecular weight is 332 g/mol. The van der Waals surface area contributed by atoms with Crippen molar-refractivity contribution < 1.29 is 14.3 Å². The Kier molecular flexibility index (Phi) is 6.23. The molecular formula is C19H28N2O3. The second kappa shape index (κ2) is 8.18. The molecule has 0 heterocycles. The molecule has 2 rings (SSSR count). The molecule has 24 heavy (non-hydrogen) atoms. The standard InChI is InChI=1S/C19H28N2O3/c1-13-11-17(13)19(23)20-10-9-18(22)21(3)14(2)12-15-5-7-16(24-4)8-6-15/h5-8,13-14,17H,9-12H2,1-4H3,(H,20,23)/t13-,14+,17-/m1/s1. The van der Waals surface area contributed by atoms with Gasteiger partial charge in [0, 0.05) is 32.0 Å². The van der Waals surface area contributed by atoms with Crippen LogP contribution in [-0.2, 0) is 16.0 Å². The summed E-state index contributed by atoms with van der Waals surface area (Å²) in [7, 11) is 3.47. The van der Waals surface area contributed by atoms with E-state index in [2.05, 4.69) is 12.2 Å². The van der Waals surface area contributed by atoms with Crippen molar-refractivity contribution in [3.05, 3.63) is 29.8 Å². The summed E-state index contributed by atoms with van der Waals surface area (Å²) in [6.07, 6.45) is 2.10. The van der Waals surface area contributed by atoms with Crippen LogP contribution < -0.4 is 10.1 Å². The van der Waals surface area contributed by atoms with E-state index in [4.69, 9.17) is 4.74 Å². The van der Waals surface area contributed by atoms with Crippen LogP contribution in [0.25, 0.3) is 0 Å². The number of benzene rings is 1. The Bertz CT molecular complexity index is 570. The quantitative estimate of drug-likeness (QED) is 0.794. The number of likely N-dealkylation sites (N-methyl/N-ethyl adjacent to an activating group) is 1. The van der Waals surface area contributed by atoms with Gasteiger partial charge in [0.05, 0.1) is 7.11 Å². The fraction of sp³-hybridized carbons (Fsp3) is 0.579. The molecule has 0 aromatic heterocycles. The van der Waals surface area contributed by atoms with Crippen LogP contribution in [0.2, 0.25) is 0 Å². The largest absolute Gasteiger partial charge is 0.497 e. The Hall–Kier alpha value is -2.04. The van der Waals surface area contributed by atoms with E-state index >= 15 is 0 Å². The summed E-state index contributed by atoms with van der Waals surface area (Å²) in [5, 5.41) is 2.86. The van der Waals surface area contributed by atoms with Gasteiger partial charge >= 0.3 is 0 Å². The third kappa shape index (κ3) is 4.98. The molecule has 0 saturated heterocycles. The number of hydrogen-bond donors (Lipinski definition) is 1. The van der Waals surface area contributed by atoms with Gasteiger partial charge in [-0.15, -0.1) is 0 Å². The molecule has 1 N–H and O–H groups in total. The van der Waals surface area contributed by atoms with Gasteiger partial charge in [0.15, 0.2) is 0 Å². The van der Waals surface area contributed by atoms with Crippen LogP contribution in [0, 0.1) is 11.8 Å². The van der Waals surface area contributed by atoms with Crippen molar-refractivity contribution in [1.29, 1.82) is 0 Å². The van der Waals surface area contributed by atoms with E-state index in [-0.39, 0.29) is 23.8 Å². The van der Waals surface area contributed by atoms with Crippen LogP contribution in [-0.4, -0.2) is 43.5 Å². The van der Waals surface area contributed by atoms with Gasteiger partial charge in [0.25, 0.3) is 0 Å². The number of methoxy groups -OCH3 is 1. The molecule has 1 aliphatic rings. The number of amides is 2. The molecule has 1 aliphatic carbocycles. The molecule has 0 aliphatic heterocycles. The minimum absolute atomic E-state index is 0.0557. The van der Waals surface area contributed by atoms with Crippen molar-refractivity contribution in [2.75, 3.05) is 20.7 Å². The molecule has 1 saturated carbocycles. The molecular weight excluding hydrogens is 304 g/mol. The maximum Gasteiger partial charge on any atom is 0.224 e. The molecule has 3 atom stereocenters. The Balaban J connectivity index is 1.73. The van der Waals surface area contributed by atoms with Crippen LogP contribution in [0.3, 0.4) is 0 Å². The zero-order valence-corrected chi connectivity index (χ0v) is 15.0. The van der Waals surface area contributed by atoms with Gasteiger partial charge in [0.2, 0.25) is 11.8 Å². The number of nitrogens with zero attached hydrogens (tertiary/aromatic N) is 1. The highest BCUT2D eigenvalue weighted by Gasteiger charge is 2.38. The lowest BCUT2D eigenvalue weighted by Gasteiger charge is -2.25. The predicted molar refractivity (Wildman–Crippen MR) is 93.8 cm³/mol. The number of carbonyl (C=O) groups excluding carboxylic acids is 2. The second-order valence-electron chi connectivity index (χ2n) is 6.77. The third-order valence-electron chi connectivity index (χ3n) is 4.83. The number of nitrogens with one attached hydrogen (secondary N) is 1. The van der Waals surface area contributed by atoms with Gasteiger partial charge in [0.1, 0.15) is 5.75 Å². The number of hydrogen-bond acceptors (Lipinski definition) is 3. The highest BCUT2D eigenvalue weighted by atomic mass is 16.5. The van der Waals surface area contributed by atoms with Crippen LogP contribution in [0.15, 0.2) is 24.3 Å². The van der Waals surface area contributed by atoms with E-state index in [1.807, 2.05) is 38.2 Å². The minimum Gasteiger partial charge on any atom is -0.497 e. The van der Waals surface area contributed by atoms with Gasteiger partial charge in [-0.3, -0.25) is 9.59 Å².